The molecule has 1 aliphatic carbocycles. The smallest absolute Gasteiger partial charge is 0.343 e. The maximum absolute atomic E-state index is 13.6. The Morgan fingerprint density at radius 1 is 1.15 bits per heavy atom. The Morgan fingerprint density at radius 3 is 2.42 bits per heavy atom. The molecule has 0 radical (unpaired) electrons. The number of carbonyl (C=O) groups excluding carboxylic acids is 1. The highest BCUT2D eigenvalue weighted by molar-refractivity contribution is 5.91. The van der Waals surface area contributed by atoms with Crippen LogP contribution in [-0.4, -0.2) is 5.97 Å². The molecule has 0 saturated heterocycles. The first kappa shape index (κ1) is 17.9. The van der Waals surface area contributed by atoms with Crippen LogP contribution in [0.25, 0.3) is 0 Å². The van der Waals surface area contributed by atoms with Gasteiger partial charge in [0.15, 0.2) is 0 Å². The maximum atomic E-state index is 13.6. The van der Waals surface area contributed by atoms with Crippen LogP contribution < -0.4 is 4.74 Å². The van der Waals surface area contributed by atoms with Gasteiger partial charge in [0.05, 0.1) is 11.1 Å². The Labute approximate surface area is 152 Å². The number of esters is 1. The predicted octanol–water partition coefficient (Wildman–Crippen LogP) is 5.38. The van der Waals surface area contributed by atoms with Gasteiger partial charge in [0.1, 0.15) is 17.6 Å². The van der Waals surface area contributed by atoms with Crippen LogP contribution in [0.5, 0.6) is 5.75 Å². The van der Waals surface area contributed by atoms with Gasteiger partial charge >= 0.3 is 5.97 Å². The molecule has 1 aliphatic rings. The van der Waals surface area contributed by atoms with Crippen molar-refractivity contribution < 1.29 is 13.9 Å². The van der Waals surface area contributed by atoms with Gasteiger partial charge in [0.2, 0.25) is 0 Å². The molecule has 1 saturated carbocycles. The summed E-state index contributed by atoms with van der Waals surface area (Å²) in [5.74, 6) is -0.0326. The summed E-state index contributed by atoms with van der Waals surface area (Å²) in [6.45, 7) is 3.87. The molecule has 3 rings (SSSR count). The van der Waals surface area contributed by atoms with Crippen LogP contribution in [-0.2, 0) is 0 Å². The molecule has 4 heteroatoms. The average Bonchev–Trinajstić information content (AvgIpc) is 2.68. The van der Waals surface area contributed by atoms with Crippen LogP contribution in [0, 0.1) is 23.1 Å². The van der Waals surface area contributed by atoms with E-state index >= 15 is 0 Å². The molecule has 2 aromatic rings. The molecule has 132 valence electrons. The fourth-order valence-electron chi connectivity index (χ4n) is 3.40. The summed E-state index contributed by atoms with van der Waals surface area (Å²) in [5, 5.41) is 8.73. The summed E-state index contributed by atoms with van der Waals surface area (Å²) >= 11 is 0. The zero-order valence-electron chi connectivity index (χ0n) is 14.5. The first-order valence-electron chi connectivity index (χ1n) is 8.75. The summed E-state index contributed by atoms with van der Waals surface area (Å²) in [5.41, 5.74) is 1.56. The number of hydrogen-bond acceptors (Lipinski definition) is 3. The molecule has 3 nitrogen and oxygen atoms in total. The molecule has 0 spiro atoms. The first-order chi connectivity index (χ1) is 12.6. The van der Waals surface area contributed by atoms with E-state index in [2.05, 4.69) is 6.58 Å². The van der Waals surface area contributed by atoms with Gasteiger partial charge in [-0.3, -0.25) is 0 Å². The standard InChI is InChI=1S/C22H20FNO2/c1-2-15-3-5-16(6-4-15)17-7-9-18(10-8-17)22(25)26-20-12-11-19(14-24)21(23)13-20/h2,7-13,15-16H,1,3-6H2/t15-,16-. The van der Waals surface area contributed by atoms with Gasteiger partial charge in [-0.2, -0.15) is 5.26 Å². The molecule has 0 aliphatic heterocycles. The van der Waals surface area contributed by atoms with Crippen LogP contribution in [0.15, 0.2) is 55.1 Å². The molecule has 0 bridgehead atoms. The van der Waals surface area contributed by atoms with E-state index in [1.165, 1.54) is 17.7 Å². The molecule has 0 N–H and O–H groups in total. The van der Waals surface area contributed by atoms with Crippen LogP contribution >= 0.6 is 0 Å². The van der Waals surface area contributed by atoms with Crippen molar-refractivity contribution in [2.24, 2.45) is 5.92 Å². The van der Waals surface area contributed by atoms with Gasteiger partial charge in [0.25, 0.3) is 0 Å². The highest BCUT2D eigenvalue weighted by Gasteiger charge is 2.21. The fourth-order valence-corrected chi connectivity index (χ4v) is 3.40. The second-order valence-corrected chi connectivity index (χ2v) is 6.61. The van der Waals surface area contributed by atoms with E-state index < -0.39 is 11.8 Å². The van der Waals surface area contributed by atoms with Gasteiger partial charge in [-0.25, -0.2) is 9.18 Å². The number of ether oxygens (including phenoxy) is 1. The summed E-state index contributed by atoms with van der Waals surface area (Å²) in [6, 6.07) is 12.9. The number of nitrogens with zero attached hydrogens (tertiary/aromatic N) is 1. The number of allylic oxidation sites excluding steroid dienone is 1. The van der Waals surface area contributed by atoms with E-state index in [4.69, 9.17) is 10.00 Å². The zero-order chi connectivity index (χ0) is 18.5. The van der Waals surface area contributed by atoms with Gasteiger partial charge < -0.3 is 4.74 Å². The lowest BCUT2D eigenvalue weighted by Crippen LogP contribution is -2.12. The van der Waals surface area contributed by atoms with Gasteiger partial charge in [-0.15, -0.1) is 6.58 Å². The van der Waals surface area contributed by atoms with Gasteiger partial charge in [-0.05, 0) is 67.3 Å². The van der Waals surface area contributed by atoms with Crippen molar-refractivity contribution >= 4 is 5.97 Å². The van der Waals surface area contributed by atoms with Crippen molar-refractivity contribution in [3.8, 4) is 11.8 Å². The Bertz CT molecular complexity index is 843. The number of hydrogen-bond donors (Lipinski definition) is 0. The SMILES string of the molecule is C=C[C@H]1CC[C@H](c2ccc(C(=O)Oc3ccc(C#N)c(F)c3)cc2)CC1. The molecular formula is C22H20FNO2. The van der Waals surface area contributed by atoms with Gasteiger partial charge in [-0.1, -0.05) is 18.2 Å². The molecule has 0 amide bonds. The van der Waals surface area contributed by atoms with Crippen molar-refractivity contribution in [3.05, 3.63) is 77.6 Å². The van der Waals surface area contributed by atoms with E-state index in [0.29, 0.717) is 17.4 Å². The number of benzene rings is 2. The lowest BCUT2D eigenvalue weighted by molar-refractivity contribution is 0.0734. The molecule has 2 aromatic carbocycles. The fraction of sp³-hybridized carbons (Fsp3) is 0.273. The minimum absolute atomic E-state index is 0.0818. The van der Waals surface area contributed by atoms with Crippen LogP contribution in [0.1, 0.15) is 53.1 Å². The molecule has 1 fully saturated rings. The monoisotopic (exact) mass is 349 g/mol. The predicted molar refractivity (Wildman–Crippen MR) is 97.4 cm³/mol. The first-order valence-corrected chi connectivity index (χ1v) is 8.75. The highest BCUT2D eigenvalue weighted by Crippen LogP contribution is 2.36. The third-order valence-corrected chi connectivity index (χ3v) is 4.99. The van der Waals surface area contributed by atoms with Crippen molar-refractivity contribution in [3.63, 3.8) is 0 Å². The summed E-state index contributed by atoms with van der Waals surface area (Å²) < 4.78 is 18.8. The van der Waals surface area contributed by atoms with E-state index in [1.54, 1.807) is 18.2 Å². The number of carbonyl (C=O) groups is 1. The summed E-state index contributed by atoms with van der Waals surface area (Å²) in [6.07, 6.45) is 6.61. The summed E-state index contributed by atoms with van der Waals surface area (Å²) in [4.78, 5) is 12.2. The molecular weight excluding hydrogens is 329 g/mol. The quantitative estimate of drug-likeness (QED) is 0.423. The average molecular weight is 349 g/mol. The Balaban J connectivity index is 1.65. The normalized spacial score (nSPS) is 19.4. The third kappa shape index (κ3) is 4.00. The zero-order valence-corrected chi connectivity index (χ0v) is 14.5. The van der Waals surface area contributed by atoms with Crippen LogP contribution in [0.4, 0.5) is 4.39 Å². The summed E-state index contributed by atoms with van der Waals surface area (Å²) in [7, 11) is 0. The topological polar surface area (TPSA) is 50.1 Å². The number of nitriles is 1. The minimum Gasteiger partial charge on any atom is -0.423 e. The molecule has 0 atom stereocenters. The highest BCUT2D eigenvalue weighted by atomic mass is 19.1. The van der Waals surface area contributed by atoms with E-state index in [-0.39, 0.29) is 11.3 Å². The molecule has 0 aromatic heterocycles. The largest absolute Gasteiger partial charge is 0.423 e. The Morgan fingerprint density at radius 2 is 1.85 bits per heavy atom. The Hall–Kier alpha value is -2.93. The number of halogens is 1. The third-order valence-electron chi connectivity index (χ3n) is 4.99. The van der Waals surface area contributed by atoms with Gasteiger partial charge in [0, 0.05) is 6.07 Å². The molecule has 26 heavy (non-hydrogen) atoms. The van der Waals surface area contributed by atoms with Crippen molar-refractivity contribution in [2.45, 2.75) is 31.6 Å². The lowest BCUT2D eigenvalue weighted by Gasteiger charge is -2.26. The van der Waals surface area contributed by atoms with E-state index in [1.807, 2.05) is 18.2 Å². The molecule has 0 unspecified atom stereocenters. The van der Waals surface area contributed by atoms with Crippen molar-refractivity contribution in [1.82, 2.24) is 0 Å². The maximum Gasteiger partial charge on any atom is 0.343 e. The van der Waals surface area contributed by atoms with E-state index in [9.17, 15) is 9.18 Å². The molecule has 0 heterocycles. The second kappa shape index (κ2) is 7.97. The lowest BCUT2D eigenvalue weighted by atomic mass is 9.79. The number of rotatable bonds is 4. The van der Waals surface area contributed by atoms with Crippen LogP contribution in [0.2, 0.25) is 0 Å². The van der Waals surface area contributed by atoms with Crippen molar-refractivity contribution in [1.29, 1.82) is 5.26 Å². The minimum atomic E-state index is -0.705. The second-order valence-electron chi connectivity index (χ2n) is 6.61. The van der Waals surface area contributed by atoms with Crippen molar-refractivity contribution in [2.75, 3.05) is 0 Å². The van der Waals surface area contributed by atoms with Crippen LogP contribution in [0.3, 0.4) is 0 Å². The van der Waals surface area contributed by atoms with E-state index in [0.717, 1.165) is 31.7 Å². The Kier molecular flexibility index (Phi) is 5.48.